The molecule has 0 unspecified atom stereocenters. The molecule has 2 aromatic carbocycles. The minimum atomic E-state index is -3.90. The minimum absolute atomic E-state index is 0.0458. The van der Waals surface area contributed by atoms with Crippen molar-refractivity contribution in [2.24, 2.45) is 0 Å². The smallest absolute Gasteiger partial charge is 0.340 e. The van der Waals surface area contributed by atoms with E-state index in [1.165, 1.54) is 6.07 Å². The first-order valence-corrected chi connectivity index (χ1v) is 11.7. The Morgan fingerprint density at radius 1 is 1.22 bits per heavy atom. The maximum Gasteiger partial charge on any atom is 0.340 e. The first kappa shape index (κ1) is 22.5. The molecule has 12 heteroatoms. The van der Waals surface area contributed by atoms with E-state index in [1.807, 2.05) is 0 Å². The lowest BCUT2D eigenvalue weighted by Crippen LogP contribution is -2.26. The fourth-order valence-electron chi connectivity index (χ4n) is 2.77. The van der Waals surface area contributed by atoms with Gasteiger partial charge in [-0.2, -0.15) is 4.98 Å². The van der Waals surface area contributed by atoms with Crippen LogP contribution in [0, 0.1) is 0 Å². The van der Waals surface area contributed by atoms with Crippen LogP contribution in [-0.2, 0) is 21.4 Å². The predicted octanol–water partition coefficient (Wildman–Crippen LogP) is 3.85. The number of carbonyl (C=O) groups is 1. The molecule has 0 radical (unpaired) electrons. The number of rotatable bonds is 8. The van der Waals surface area contributed by atoms with E-state index in [9.17, 15) is 13.2 Å². The van der Waals surface area contributed by atoms with Crippen molar-refractivity contribution in [3.8, 4) is 17.1 Å². The van der Waals surface area contributed by atoms with Crippen LogP contribution in [0.25, 0.3) is 11.4 Å². The van der Waals surface area contributed by atoms with Crippen LogP contribution in [0.1, 0.15) is 29.1 Å². The van der Waals surface area contributed by atoms with Crippen molar-refractivity contribution in [3.63, 3.8) is 0 Å². The van der Waals surface area contributed by atoms with Gasteiger partial charge in [-0.05, 0) is 37.1 Å². The minimum Gasteiger partial charge on any atom is -0.497 e. The number of nitrogens with one attached hydrogen (secondary N) is 1. The van der Waals surface area contributed by atoms with Crippen molar-refractivity contribution in [2.75, 3.05) is 7.11 Å². The van der Waals surface area contributed by atoms with Crippen molar-refractivity contribution in [1.82, 2.24) is 14.9 Å². The summed E-state index contributed by atoms with van der Waals surface area (Å²) in [7, 11) is -2.36. The third kappa shape index (κ3) is 5.04. The Hall–Kier alpha value is -2.66. The van der Waals surface area contributed by atoms with Crippen LogP contribution < -0.4 is 9.46 Å². The van der Waals surface area contributed by atoms with E-state index >= 15 is 0 Å². The average Bonchev–Trinajstić information content (AvgIpc) is 3.43. The zero-order valence-electron chi connectivity index (χ0n) is 16.7. The molecule has 9 nitrogen and oxygen atoms in total. The van der Waals surface area contributed by atoms with Gasteiger partial charge < -0.3 is 14.0 Å². The van der Waals surface area contributed by atoms with Crippen molar-refractivity contribution in [3.05, 3.63) is 57.9 Å². The van der Waals surface area contributed by atoms with Gasteiger partial charge in [0.2, 0.25) is 15.8 Å². The van der Waals surface area contributed by atoms with Crippen LogP contribution in [0.15, 0.2) is 45.8 Å². The number of carbonyl (C=O) groups excluding carboxylic acids is 1. The quantitative estimate of drug-likeness (QED) is 0.465. The molecule has 32 heavy (non-hydrogen) atoms. The van der Waals surface area contributed by atoms with Gasteiger partial charge in [0, 0.05) is 11.6 Å². The highest BCUT2D eigenvalue weighted by Gasteiger charge is 2.30. The summed E-state index contributed by atoms with van der Waals surface area (Å²) in [6.45, 7) is -0.336. The third-order valence-corrected chi connectivity index (χ3v) is 6.85. The summed E-state index contributed by atoms with van der Waals surface area (Å²) in [4.78, 5) is 16.5. The largest absolute Gasteiger partial charge is 0.497 e. The summed E-state index contributed by atoms with van der Waals surface area (Å²) in [6, 6.07) is 9.20. The molecule has 1 N–H and O–H groups in total. The molecule has 1 aliphatic rings. The molecule has 4 rings (SSSR count). The van der Waals surface area contributed by atoms with Gasteiger partial charge in [-0.3, -0.25) is 0 Å². The Kier molecular flexibility index (Phi) is 6.38. The molecule has 3 aromatic rings. The van der Waals surface area contributed by atoms with E-state index < -0.39 is 16.0 Å². The van der Waals surface area contributed by atoms with E-state index in [-0.39, 0.29) is 39.0 Å². The van der Waals surface area contributed by atoms with Gasteiger partial charge in [0.1, 0.15) is 10.6 Å². The first-order chi connectivity index (χ1) is 15.3. The average molecular weight is 498 g/mol. The third-order valence-electron chi connectivity index (χ3n) is 4.55. The van der Waals surface area contributed by atoms with Crippen LogP contribution in [0.4, 0.5) is 0 Å². The molecule has 1 heterocycles. The Labute approximate surface area is 193 Å². The number of hydrogen-bond acceptors (Lipinski definition) is 8. The molecule has 0 bridgehead atoms. The molecule has 1 aliphatic carbocycles. The second kappa shape index (κ2) is 9.07. The van der Waals surface area contributed by atoms with Crippen molar-refractivity contribution < 1.29 is 27.2 Å². The zero-order valence-corrected chi connectivity index (χ0v) is 19.0. The van der Waals surface area contributed by atoms with Crippen LogP contribution in [0.2, 0.25) is 10.0 Å². The Balaban J connectivity index is 1.48. The SMILES string of the molecule is COc1cccc(-c2noc(COC(=O)c3cc(S(=O)(=O)NC4CC4)c(Cl)cc3Cl)n2)c1. The van der Waals surface area contributed by atoms with Gasteiger partial charge in [-0.25, -0.2) is 17.9 Å². The molecule has 1 fully saturated rings. The second-order valence-electron chi connectivity index (χ2n) is 6.98. The maximum atomic E-state index is 12.6. The topological polar surface area (TPSA) is 121 Å². The summed E-state index contributed by atoms with van der Waals surface area (Å²) < 4.78 is 43.0. The van der Waals surface area contributed by atoms with E-state index in [0.717, 1.165) is 18.9 Å². The molecule has 0 atom stereocenters. The van der Waals surface area contributed by atoms with Crippen molar-refractivity contribution in [2.45, 2.75) is 30.4 Å². The Morgan fingerprint density at radius 2 is 2.00 bits per heavy atom. The highest BCUT2D eigenvalue weighted by atomic mass is 35.5. The second-order valence-corrected chi connectivity index (χ2v) is 9.47. The van der Waals surface area contributed by atoms with Gasteiger partial charge in [0.05, 0.1) is 22.7 Å². The predicted molar refractivity (Wildman–Crippen MR) is 115 cm³/mol. The van der Waals surface area contributed by atoms with E-state index in [2.05, 4.69) is 14.9 Å². The van der Waals surface area contributed by atoms with Crippen molar-refractivity contribution in [1.29, 1.82) is 0 Å². The number of hydrogen-bond donors (Lipinski definition) is 1. The van der Waals surface area contributed by atoms with E-state index in [1.54, 1.807) is 31.4 Å². The van der Waals surface area contributed by atoms with Crippen LogP contribution >= 0.6 is 23.2 Å². The Morgan fingerprint density at radius 3 is 2.72 bits per heavy atom. The van der Waals surface area contributed by atoms with Gasteiger partial charge in [0.15, 0.2) is 6.61 Å². The fraction of sp³-hybridized carbons (Fsp3) is 0.250. The number of halogens is 2. The maximum absolute atomic E-state index is 12.6. The summed E-state index contributed by atoms with van der Waals surface area (Å²) in [5.41, 5.74) is 0.504. The molecule has 168 valence electrons. The van der Waals surface area contributed by atoms with E-state index in [0.29, 0.717) is 17.1 Å². The molecular formula is C20H17Cl2N3O6S. The normalized spacial score (nSPS) is 13.7. The molecule has 0 saturated heterocycles. The number of methoxy groups -OCH3 is 1. The lowest BCUT2D eigenvalue weighted by Gasteiger charge is -2.11. The number of esters is 1. The number of aromatic nitrogens is 2. The van der Waals surface area contributed by atoms with Gasteiger partial charge >= 0.3 is 5.97 Å². The highest BCUT2D eigenvalue weighted by molar-refractivity contribution is 7.89. The summed E-state index contributed by atoms with van der Waals surface area (Å²) >= 11 is 12.1. The summed E-state index contributed by atoms with van der Waals surface area (Å²) in [5.74, 6) is 0.0961. The number of sulfonamides is 1. The Bertz CT molecular complexity index is 1270. The molecule has 0 aliphatic heterocycles. The number of benzene rings is 2. The number of nitrogens with zero attached hydrogens (tertiary/aromatic N) is 2. The molecule has 0 amide bonds. The van der Waals surface area contributed by atoms with Crippen LogP contribution in [0.5, 0.6) is 5.75 Å². The monoisotopic (exact) mass is 497 g/mol. The standard InChI is InChI=1S/C20H17Cl2N3O6S/c1-29-13-4-2-3-11(7-13)19-23-18(31-24-19)10-30-20(26)14-8-17(16(22)9-15(14)21)32(27,28)25-12-5-6-12/h2-4,7-9,12,25H,5-6,10H2,1H3. The van der Waals surface area contributed by atoms with Crippen molar-refractivity contribution >= 4 is 39.2 Å². The lowest BCUT2D eigenvalue weighted by molar-refractivity contribution is 0.0429. The molecule has 1 aromatic heterocycles. The van der Waals surface area contributed by atoms with Gasteiger partial charge in [0.25, 0.3) is 5.89 Å². The molecule has 1 saturated carbocycles. The highest BCUT2D eigenvalue weighted by Crippen LogP contribution is 2.31. The lowest BCUT2D eigenvalue weighted by atomic mass is 10.2. The summed E-state index contributed by atoms with van der Waals surface area (Å²) in [6.07, 6.45) is 1.50. The van der Waals surface area contributed by atoms with Crippen LogP contribution in [-0.4, -0.2) is 37.7 Å². The fourth-order valence-corrected chi connectivity index (χ4v) is 4.93. The number of ether oxygens (including phenoxy) is 2. The first-order valence-electron chi connectivity index (χ1n) is 9.42. The van der Waals surface area contributed by atoms with Gasteiger partial charge in [-0.1, -0.05) is 40.5 Å². The zero-order chi connectivity index (χ0) is 22.9. The molecular weight excluding hydrogens is 481 g/mol. The molecule has 0 spiro atoms. The summed E-state index contributed by atoms with van der Waals surface area (Å²) in [5, 5.41) is 3.71. The van der Waals surface area contributed by atoms with E-state index in [4.69, 9.17) is 37.2 Å². The van der Waals surface area contributed by atoms with Crippen LogP contribution in [0.3, 0.4) is 0 Å². The van der Waals surface area contributed by atoms with Gasteiger partial charge in [-0.15, -0.1) is 0 Å².